The van der Waals surface area contributed by atoms with Crippen molar-refractivity contribution in [1.29, 1.82) is 0 Å². The van der Waals surface area contributed by atoms with E-state index in [0.717, 1.165) is 18.7 Å². The molecule has 27 heavy (non-hydrogen) atoms. The van der Waals surface area contributed by atoms with E-state index in [9.17, 15) is 4.79 Å². The normalized spacial score (nSPS) is 10.3. The van der Waals surface area contributed by atoms with Crippen LogP contribution in [0.25, 0.3) is 0 Å². The van der Waals surface area contributed by atoms with Crippen LogP contribution >= 0.6 is 11.6 Å². The van der Waals surface area contributed by atoms with Crippen molar-refractivity contribution in [2.45, 2.75) is 6.42 Å². The molecule has 138 valence electrons. The third-order valence-corrected chi connectivity index (χ3v) is 4.23. The second kappa shape index (κ2) is 9.05. The van der Waals surface area contributed by atoms with Gasteiger partial charge in [0, 0.05) is 24.0 Å². The topological polar surface area (TPSA) is 63.2 Å². The van der Waals surface area contributed by atoms with Crippen molar-refractivity contribution in [3.8, 4) is 5.75 Å². The van der Waals surface area contributed by atoms with Crippen LogP contribution in [0.3, 0.4) is 0 Å². The Morgan fingerprint density at radius 1 is 1.11 bits per heavy atom. The summed E-state index contributed by atoms with van der Waals surface area (Å²) in [4.78, 5) is 16.7. The third kappa shape index (κ3) is 5.21. The largest absolute Gasteiger partial charge is 0.495 e. The van der Waals surface area contributed by atoms with E-state index in [-0.39, 0.29) is 5.91 Å². The van der Waals surface area contributed by atoms with Gasteiger partial charge in [-0.15, -0.1) is 0 Å². The van der Waals surface area contributed by atoms with Crippen molar-refractivity contribution in [2.24, 2.45) is 0 Å². The van der Waals surface area contributed by atoms with Crippen LogP contribution in [0, 0.1) is 0 Å². The molecule has 6 heteroatoms. The molecule has 1 aromatic heterocycles. The lowest BCUT2D eigenvalue weighted by atomic mass is 10.1. The number of ether oxygens (including phenoxy) is 1. The summed E-state index contributed by atoms with van der Waals surface area (Å²) in [5, 5.41) is 6.62. The van der Waals surface area contributed by atoms with E-state index in [2.05, 4.69) is 27.8 Å². The Hall–Kier alpha value is -3.05. The number of carbonyl (C=O) groups is 1. The minimum absolute atomic E-state index is 0.283. The first-order valence-electron chi connectivity index (χ1n) is 8.53. The summed E-state index contributed by atoms with van der Waals surface area (Å²) in [7, 11) is 1.54. The zero-order chi connectivity index (χ0) is 19.1. The van der Waals surface area contributed by atoms with Crippen molar-refractivity contribution in [3.05, 3.63) is 83.1 Å². The third-order valence-electron chi connectivity index (χ3n) is 4.00. The number of anilines is 2. The number of halogens is 1. The predicted molar refractivity (Wildman–Crippen MR) is 109 cm³/mol. The molecule has 0 aliphatic carbocycles. The average Bonchev–Trinajstić information content (AvgIpc) is 2.69. The fraction of sp³-hybridized carbons (Fsp3) is 0.143. The van der Waals surface area contributed by atoms with Gasteiger partial charge in [-0.3, -0.25) is 9.78 Å². The van der Waals surface area contributed by atoms with Crippen LogP contribution in [-0.4, -0.2) is 24.5 Å². The van der Waals surface area contributed by atoms with Gasteiger partial charge in [0.1, 0.15) is 5.75 Å². The van der Waals surface area contributed by atoms with Crippen LogP contribution in [0.5, 0.6) is 5.75 Å². The van der Waals surface area contributed by atoms with E-state index in [4.69, 9.17) is 16.3 Å². The first-order chi connectivity index (χ1) is 13.2. The number of benzene rings is 2. The minimum atomic E-state index is -0.283. The SMILES string of the molecule is COc1ccc(Cl)cc1NC(=O)c1cncc(NCCc2ccccc2)c1. The van der Waals surface area contributed by atoms with Gasteiger partial charge in [-0.2, -0.15) is 0 Å². The van der Waals surface area contributed by atoms with Gasteiger partial charge in [-0.05, 0) is 36.2 Å². The number of hydrogen-bond donors (Lipinski definition) is 2. The van der Waals surface area contributed by atoms with E-state index >= 15 is 0 Å². The summed E-state index contributed by atoms with van der Waals surface area (Å²) >= 11 is 6.01. The molecule has 0 fully saturated rings. The maximum absolute atomic E-state index is 12.6. The lowest BCUT2D eigenvalue weighted by Gasteiger charge is -2.11. The number of methoxy groups -OCH3 is 1. The highest BCUT2D eigenvalue weighted by atomic mass is 35.5. The minimum Gasteiger partial charge on any atom is -0.495 e. The number of amides is 1. The number of aromatic nitrogens is 1. The van der Waals surface area contributed by atoms with Gasteiger partial charge in [-0.25, -0.2) is 0 Å². The number of rotatable bonds is 7. The lowest BCUT2D eigenvalue weighted by Crippen LogP contribution is -2.14. The molecule has 5 nitrogen and oxygen atoms in total. The standard InChI is InChI=1S/C21H20ClN3O2/c1-27-20-8-7-17(22)12-19(20)25-21(26)16-11-18(14-23-13-16)24-10-9-15-5-3-2-4-6-15/h2-8,11-14,24H,9-10H2,1H3,(H,25,26). The summed E-state index contributed by atoms with van der Waals surface area (Å²) in [5.74, 6) is 0.257. The molecule has 3 rings (SSSR count). The lowest BCUT2D eigenvalue weighted by molar-refractivity contribution is 0.102. The zero-order valence-electron chi connectivity index (χ0n) is 14.9. The smallest absolute Gasteiger partial charge is 0.257 e. The molecule has 1 heterocycles. The van der Waals surface area contributed by atoms with Crippen LogP contribution in [0.15, 0.2) is 67.0 Å². The Bertz CT molecular complexity index is 916. The van der Waals surface area contributed by atoms with Crippen molar-refractivity contribution in [2.75, 3.05) is 24.3 Å². The van der Waals surface area contributed by atoms with Crippen LogP contribution < -0.4 is 15.4 Å². The van der Waals surface area contributed by atoms with Gasteiger partial charge in [-0.1, -0.05) is 41.9 Å². The van der Waals surface area contributed by atoms with Crippen LogP contribution in [0.1, 0.15) is 15.9 Å². The fourth-order valence-corrected chi connectivity index (χ4v) is 2.80. The van der Waals surface area contributed by atoms with E-state index in [1.54, 1.807) is 30.5 Å². The number of hydrogen-bond acceptors (Lipinski definition) is 4. The van der Waals surface area contributed by atoms with E-state index in [1.807, 2.05) is 18.2 Å². The first kappa shape index (κ1) is 18.7. The Morgan fingerprint density at radius 2 is 1.93 bits per heavy atom. The zero-order valence-corrected chi connectivity index (χ0v) is 15.7. The number of pyridine rings is 1. The summed E-state index contributed by atoms with van der Waals surface area (Å²) in [6.45, 7) is 0.749. The second-order valence-electron chi connectivity index (χ2n) is 5.92. The van der Waals surface area contributed by atoms with Gasteiger partial charge in [0.15, 0.2) is 0 Å². The molecule has 0 bridgehead atoms. The van der Waals surface area contributed by atoms with Gasteiger partial charge in [0.05, 0.1) is 24.0 Å². The van der Waals surface area contributed by atoms with Gasteiger partial charge >= 0.3 is 0 Å². The number of nitrogens with one attached hydrogen (secondary N) is 2. The fourth-order valence-electron chi connectivity index (χ4n) is 2.63. The molecule has 0 unspecified atom stereocenters. The maximum atomic E-state index is 12.6. The molecule has 0 saturated carbocycles. The van der Waals surface area contributed by atoms with E-state index < -0.39 is 0 Å². The monoisotopic (exact) mass is 381 g/mol. The second-order valence-corrected chi connectivity index (χ2v) is 6.36. The Labute approximate surface area is 163 Å². The Kier molecular flexibility index (Phi) is 6.28. The maximum Gasteiger partial charge on any atom is 0.257 e. The molecule has 0 aliphatic rings. The van der Waals surface area contributed by atoms with Crippen molar-refractivity contribution >= 4 is 28.9 Å². The molecular weight excluding hydrogens is 362 g/mol. The van der Waals surface area contributed by atoms with Crippen molar-refractivity contribution in [3.63, 3.8) is 0 Å². The molecule has 2 aromatic carbocycles. The molecule has 1 amide bonds. The highest BCUT2D eigenvalue weighted by Gasteiger charge is 2.11. The molecule has 0 radical (unpaired) electrons. The molecule has 0 aliphatic heterocycles. The van der Waals surface area contributed by atoms with E-state index in [0.29, 0.717) is 22.0 Å². The number of nitrogens with zero attached hydrogens (tertiary/aromatic N) is 1. The summed E-state index contributed by atoms with van der Waals surface area (Å²) in [6, 6.07) is 17.0. The summed E-state index contributed by atoms with van der Waals surface area (Å²) in [6.07, 6.45) is 4.10. The van der Waals surface area contributed by atoms with Gasteiger partial charge in [0.25, 0.3) is 5.91 Å². The molecule has 2 N–H and O–H groups in total. The quantitative estimate of drug-likeness (QED) is 0.625. The van der Waals surface area contributed by atoms with Crippen molar-refractivity contribution in [1.82, 2.24) is 4.98 Å². The Morgan fingerprint density at radius 3 is 2.70 bits per heavy atom. The van der Waals surface area contributed by atoms with Gasteiger partial charge in [0.2, 0.25) is 0 Å². The Balaban J connectivity index is 1.64. The van der Waals surface area contributed by atoms with Crippen molar-refractivity contribution < 1.29 is 9.53 Å². The predicted octanol–water partition coefficient (Wildman–Crippen LogP) is 4.65. The summed E-state index contributed by atoms with van der Waals surface area (Å²) < 4.78 is 5.25. The molecular formula is C21H20ClN3O2. The molecule has 0 saturated heterocycles. The van der Waals surface area contributed by atoms with Crippen LogP contribution in [0.4, 0.5) is 11.4 Å². The van der Waals surface area contributed by atoms with Crippen LogP contribution in [0.2, 0.25) is 5.02 Å². The average molecular weight is 382 g/mol. The first-order valence-corrected chi connectivity index (χ1v) is 8.91. The molecule has 0 spiro atoms. The number of carbonyl (C=O) groups excluding carboxylic acids is 1. The molecule has 3 aromatic rings. The van der Waals surface area contributed by atoms with Crippen LogP contribution in [-0.2, 0) is 6.42 Å². The van der Waals surface area contributed by atoms with E-state index in [1.165, 1.54) is 18.9 Å². The highest BCUT2D eigenvalue weighted by Crippen LogP contribution is 2.28. The molecule has 0 atom stereocenters. The summed E-state index contributed by atoms with van der Waals surface area (Å²) in [5.41, 5.74) is 3.00. The highest BCUT2D eigenvalue weighted by molar-refractivity contribution is 6.31. The van der Waals surface area contributed by atoms with Gasteiger partial charge < -0.3 is 15.4 Å².